The topological polar surface area (TPSA) is 86.7 Å². The van der Waals surface area contributed by atoms with E-state index in [0.717, 1.165) is 23.6 Å². The van der Waals surface area contributed by atoms with Crippen LogP contribution in [-0.4, -0.2) is 47.0 Å². The van der Waals surface area contributed by atoms with Crippen molar-refractivity contribution in [1.29, 1.82) is 5.26 Å². The first-order valence-corrected chi connectivity index (χ1v) is 12.1. The monoisotopic (exact) mass is 542 g/mol. The number of hydrazine groups is 1. The Kier molecular flexibility index (Phi) is 6.05. The molecule has 4 unspecified atom stereocenters. The Morgan fingerprint density at radius 3 is 2.65 bits per heavy atom. The van der Waals surface area contributed by atoms with Crippen molar-refractivity contribution in [1.82, 2.24) is 24.7 Å². The second-order valence-corrected chi connectivity index (χ2v) is 10.8. The number of nitrogens with one attached hydrogen (secondary N) is 2. The predicted octanol–water partition coefficient (Wildman–Crippen LogP) is 3.09. The zero-order chi connectivity index (χ0) is 24.3. The number of rotatable bonds is 4. The smallest absolute Gasteiger partial charge is 0.380 e. The van der Waals surface area contributed by atoms with Gasteiger partial charge in [0.1, 0.15) is 0 Å². The van der Waals surface area contributed by atoms with Gasteiger partial charge in [0.25, 0.3) is 0 Å². The third-order valence-corrected chi connectivity index (χ3v) is 8.13. The van der Waals surface area contributed by atoms with Gasteiger partial charge in [0.2, 0.25) is 0 Å². The summed E-state index contributed by atoms with van der Waals surface area (Å²) < 4.78 is 49.3. The highest BCUT2D eigenvalue weighted by atomic mass is 79.9. The minimum atomic E-state index is -4.60. The van der Waals surface area contributed by atoms with Crippen LogP contribution in [0.4, 0.5) is 13.2 Å². The standard InChI is InChI=1S/C22H26BrF3N6O2/c1-30-12-28-29-19(30)6-21(10-34-11-21)14-2-13(7-27)3-16(4-14)31-9-18-17(22(24,25)26)5-15(23)8-32(18)20(31)33/h5,8-9,13-14,16,19,28-29H,2-4,6,10-12H2,1H3. The molecule has 2 saturated heterocycles. The van der Waals surface area contributed by atoms with Crippen LogP contribution < -0.4 is 16.5 Å². The Bertz CT molecular complexity index is 1180. The van der Waals surface area contributed by atoms with Crippen LogP contribution in [0.3, 0.4) is 0 Å². The van der Waals surface area contributed by atoms with E-state index in [1.807, 2.05) is 7.05 Å². The van der Waals surface area contributed by atoms with Crippen molar-refractivity contribution < 1.29 is 17.9 Å². The molecular weight excluding hydrogens is 517 g/mol. The van der Waals surface area contributed by atoms with Gasteiger partial charge in [-0.25, -0.2) is 15.6 Å². The Labute approximate surface area is 202 Å². The van der Waals surface area contributed by atoms with Gasteiger partial charge in [-0.15, -0.1) is 0 Å². The number of pyridine rings is 1. The third kappa shape index (κ3) is 4.07. The average molecular weight is 543 g/mol. The summed E-state index contributed by atoms with van der Waals surface area (Å²) >= 11 is 3.09. The van der Waals surface area contributed by atoms with Crippen LogP contribution in [0.15, 0.2) is 27.7 Å². The van der Waals surface area contributed by atoms with Crippen molar-refractivity contribution in [2.45, 2.75) is 44.1 Å². The fraction of sp³-hybridized carbons (Fsp3) is 0.636. The van der Waals surface area contributed by atoms with E-state index in [1.54, 1.807) is 0 Å². The van der Waals surface area contributed by atoms with E-state index >= 15 is 0 Å². The molecule has 2 aliphatic heterocycles. The van der Waals surface area contributed by atoms with Gasteiger partial charge < -0.3 is 4.74 Å². The van der Waals surface area contributed by atoms with Crippen LogP contribution in [0.1, 0.15) is 37.3 Å². The van der Waals surface area contributed by atoms with Gasteiger partial charge in [0.05, 0.1) is 43.2 Å². The number of nitrogens with zero attached hydrogens (tertiary/aromatic N) is 4. The molecule has 2 aromatic rings. The predicted molar refractivity (Wildman–Crippen MR) is 120 cm³/mol. The number of fused-ring (bicyclic) bond motifs is 1. The summed E-state index contributed by atoms with van der Waals surface area (Å²) in [6.45, 7) is 1.87. The third-order valence-electron chi connectivity index (χ3n) is 7.70. The average Bonchev–Trinajstić information content (AvgIpc) is 3.31. The lowest BCUT2D eigenvalue weighted by atomic mass is 9.62. The van der Waals surface area contributed by atoms with Gasteiger partial charge >= 0.3 is 11.9 Å². The van der Waals surface area contributed by atoms with Gasteiger partial charge in [0, 0.05) is 34.2 Å². The second-order valence-electron chi connectivity index (χ2n) is 9.84. The number of halogens is 4. The molecule has 5 rings (SSSR count). The number of alkyl halides is 3. The highest BCUT2D eigenvalue weighted by Gasteiger charge is 2.51. The van der Waals surface area contributed by atoms with Gasteiger partial charge in [-0.1, -0.05) is 0 Å². The molecule has 0 spiro atoms. The van der Waals surface area contributed by atoms with E-state index < -0.39 is 17.4 Å². The molecule has 0 aromatic carbocycles. The lowest BCUT2D eigenvalue weighted by Crippen LogP contribution is -2.55. The van der Waals surface area contributed by atoms with E-state index in [9.17, 15) is 23.2 Å². The molecule has 184 valence electrons. The molecule has 4 heterocycles. The molecule has 3 aliphatic rings. The van der Waals surface area contributed by atoms with Crippen molar-refractivity contribution >= 4 is 21.4 Å². The van der Waals surface area contributed by atoms with Crippen molar-refractivity contribution in [2.75, 3.05) is 26.9 Å². The first-order chi connectivity index (χ1) is 16.1. The molecule has 0 bridgehead atoms. The van der Waals surface area contributed by atoms with Crippen LogP contribution in [0, 0.1) is 28.6 Å². The molecule has 0 radical (unpaired) electrons. The fourth-order valence-corrected chi connectivity index (χ4v) is 6.20. The van der Waals surface area contributed by atoms with Crippen LogP contribution in [0.2, 0.25) is 0 Å². The van der Waals surface area contributed by atoms with Crippen molar-refractivity contribution in [3.63, 3.8) is 0 Å². The van der Waals surface area contributed by atoms with E-state index in [4.69, 9.17) is 4.74 Å². The summed E-state index contributed by atoms with van der Waals surface area (Å²) in [6, 6.07) is 2.99. The fourth-order valence-electron chi connectivity index (χ4n) is 5.77. The summed E-state index contributed by atoms with van der Waals surface area (Å²) in [5.41, 5.74) is 4.69. The van der Waals surface area contributed by atoms with Gasteiger partial charge in [-0.2, -0.15) is 18.4 Å². The molecule has 3 fully saturated rings. The molecule has 12 heteroatoms. The van der Waals surface area contributed by atoms with Crippen LogP contribution >= 0.6 is 15.9 Å². The zero-order valence-corrected chi connectivity index (χ0v) is 20.2. The van der Waals surface area contributed by atoms with E-state index in [2.05, 4.69) is 37.8 Å². The molecule has 2 aromatic heterocycles. The molecule has 0 amide bonds. The zero-order valence-electron chi connectivity index (χ0n) is 18.6. The first-order valence-electron chi connectivity index (χ1n) is 11.3. The molecule has 1 aliphatic carbocycles. The highest BCUT2D eigenvalue weighted by molar-refractivity contribution is 9.10. The SMILES string of the molecule is CN1CNNC1CC1(C2CC(C#N)CC(n3cc4c(C(F)(F)F)cc(Br)cn4c3=O)C2)COC1. The largest absolute Gasteiger partial charge is 0.418 e. The number of ether oxygens (including phenoxy) is 1. The molecule has 4 atom stereocenters. The molecule has 34 heavy (non-hydrogen) atoms. The highest BCUT2D eigenvalue weighted by Crippen LogP contribution is 2.51. The lowest BCUT2D eigenvalue weighted by Gasteiger charge is -2.52. The maximum Gasteiger partial charge on any atom is 0.418 e. The second kappa shape index (κ2) is 8.64. The number of imidazole rings is 1. The molecule has 2 N–H and O–H groups in total. The number of aromatic nitrogens is 2. The molecule has 1 saturated carbocycles. The summed E-state index contributed by atoms with van der Waals surface area (Å²) in [6.07, 6.45) is 0.763. The lowest BCUT2D eigenvalue weighted by molar-refractivity contribution is -0.169. The maximum absolute atomic E-state index is 13.7. The van der Waals surface area contributed by atoms with Gasteiger partial charge in [-0.3, -0.25) is 13.9 Å². The van der Waals surface area contributed by atoms with E-state index in [1.165, 1.54) is 17.0 Å². The van der Waals surface area contributed by atoms with E-state index in [-0.39, 0.29) is 39.4 Å². The van der Waals surface area contributed by atoms with Crippen LogP contribution in [0.5, 0.6) is 0 Å². The Morgan fingerprint density at radius 2 is 2.06 bits per heavy atom. The number of hydrogen-bond donors (Lipinski definition) is 2. The summed E-state index contributed by atoms with van der Waals surface area (Å²) in [4.78, 5) is 15.4. The number of hydrogen-bond acceptors (Lipinski definition) is 6. The molecular formula is C22H26BrF3N6O2. The Morgan fingerprint density at radius 1 is 1.29 bits per heavy atom. The maximum atomic E-state index is 13.7. The minimum Gasteiger partial charge on any atom is -0.380 e. The Hall–Kier alpha value is -1.91. The van der Waals surface area contributed by atoms with Crippen molar-refractivity contribution in [2.24, 2.45) is 17.3 Å². The Balaban J connectivity index is 1.50. The van der Waals surface area contributed by atoms with Crippen molar-refractivity contribution in [3.05, 3.63) is 39.0 Å². The summed E-state index contributed by atoms with van der Waals surface area (Å²) in [5, 5.41) is 9.79. The number of nitriles is 1. The first kappa shape index (κ1) is 23.8. The van der Waals surface area contributed by atoms with Crippen LogP contribution in [0.25, 0.3) is 5.52 Å². The minimum absolute atomic E-state index is 0.115. The van der Waals surface area contributed by atoms with Crippen molar-refractivity contribution in [3.8, 4) is 6.07 Å². The quantitative estimate of drug-likeness (QED) is 0.617. The summed E-state index contributed by atoms with van der Waals surface area (Å²) in [5.74, 6) is -0.165. The van der Waals surface area contributed by atoms with Crippen LogP contribution in [-0.2, 0) is 10.9 Å². The van der Waals surface area contributed by atoms with Gasteiger partial charge in [-0.05, 0) is 60.6 Å². The normalized spacial score (nSPS) is 29.8. The van der Waals surface area contributed by atoms with E-state index in [0.29, 0.717) is 32.5 Å². The summed E-state index contributed by atoms with van der Waals surface area (Å²) in [7, 11) is 2.02. The molecule has 8 nitrogen and oxygen atoms in total. The van der Waals surface area contributed by atoms with Gasteiger partial charge in [0.15, 0.2) is 0 Å².